The molecule has 0 aliphatic carbocycles. The topological polar surface area (TPSA) is 0 Å². The summed E-state index contributed by atoms with van der Waals surface area (Å²) in [6.07, 6.45) is 53.1. The Morgan fingerprint density at radius 2 is 0.198 bits per heavy atom. The molecular formula is C74H162Si6Sm-2. The van der Waals surface area contributed by atoms with E-state index in [-0.39, 0.29) is 40.4 Å². The SMILES string of the molecule is CCCC[Si](CCCC)(CCCC)[C-]([Si](CCCC)(CCCC)CCCC)[Si](CCCC)(CCCC)CCCC.CCCC[Si](CCCC)(CCCC)[C-]([Si](CCCC)(CCCC)CCCC)[Si](CCCC)(CCCC)CCCC.[Sm]. The first-order chi connectivity index (χ1) is 38.8. The average molecular weight is 1370 g/mol. The Morgan fingerprint density at radius 3 is 0.247 bits per heavy atom. The second kappa shape index (κ2) is 56.6. The largest absolute Gasteiger partial charge is 0.309 e. The summed E-state index contributed by atoms with van der Waals surface area (Å²) in [5.41, 5.74) is 0. The van der Waals surface area contributed by atoms with Crippen LogP contribution in [0, 0.1) is 50.0 Å². The third-order valence-electron chi connectivity index (χ3n) is 21.3. The molecule has 0 unspecified atom stereocenters. The van der Waals surface area contributed by atoms with E-state index in [0.717, 1.165) is 0 Å². The van der Waals surface area contributed by atoms with E-state index in [1.165, 1.54) is 231 Å². The molecule has 0 saturated carbocycles. The van der Waals surface area contributed by atoms with Gasteiger partial charge in [0.05, 0.1) is 0 Å². The van der Waals surface area contributed by atoms with Crippen molar-refractivity contribution in [2.45, 2.75) is 465 Å². The summed E-state index contributed by atoms with van der Waals surface area (Å²) in [6, 6.07) is 30.2. The molecule has 0 heterocycles. The molecule has 0 aliphatic heterocycles. The molecule has 0 spiro atoms. The normalized spacial score (nSPS) is 12.9. The van der Waals surface area contributed by atoms with Crippen molar-refractivity contribution in [2.75, 3.05) is 0 Å². The van der Waals surface area contributed by atoms with E-state index >= 15 is 0 Å². The van der Waals surface area contributed by atoms with Gasteiger partial charge in [-0.1, -0.05) is 513 Å². The van der Waals surface area contributed by atoms with Gasteiger partial charge in [0.15, 0.2) is 0 Å². The summed E-state index contributed by atoms with van der Waals surface area (Å²) in [4.78, 5) is 5.27. The van der Waals surface area contributed by atoms with E-state index in [4.69, 9.17) is 0 Å². The zero-order valence-electron chi connectivity index (χ0n) is 60.6. The van der Waals surface area contributed by atoms with Gasteiger partial charge >= 0.3 is 0 Å². The minimum atomic E-state index is -1.52. The Kier molecular flexibility index (Phi) is 61.4. The monoisotopic (exact) mass is 1370 g/mol. The molecule has 0 N–H and O–H groups in total. The minimum absolute atomic E-state index is 0. The van der Waals surface area contributed by atoms with Crippen LogP contribution in [0.5, 0.6) is 0 Å². The molecule has 0 fully saturated rings. The quantitative estimate of drug-likeness (QED) is 0.0421. The molecule has 0 aromatic carbocycles. The van der Waals surface area contributed by atoms with Crippen LogP contribution in [0.2, 0.25) is 109 Å². The van der Waals surface area contributed by atoms with E-state index in [1.807, 2.05) is 0 Å². The number of hydrogen-bond donors (Lipinski definition) is 0. The molecule has 0 radical (unpaired) electrons. The number of unbranched alkanes of at least 4 members (excludes halogenated alkanes) is 18. The molecule has 0 aromatic heterocycles. The van der Waals surface area contributed by atoms with Crippen LogP contribution in [0.25, 0.3) is 0 Å². The van der Waals surface area contributed by atoms with E-state index in [0.29, 0.717) is 0 Å². The van der Waals surface area contributed by atoms with Crippen LogP contribution < -0.4 is 0 Å². The van der Waals surface area contributed by atoms with E-state index < -0.39 is 48.4 Å². The van der Waals surface area contributed by atoms with E-state index in [1.54, 1.807) is 109 Å². The van der Waals surface area contributed by atoms with E-state index in [9.17, 15) is 0 Å². The average Bonchev–Trinajstić information content (AvgIpc) is 3.48. The van der Waals surface area contributed by atoms with Gasteiger partial charge in [-0.05, 0) is 0 Å². The zero-order chi connectivity index (χ0) is 60.3. The third kappa shape index (κ3) is 32.5. The summed E-state index contributed by atoms with van der Waals surface area (Å²) >= 11 is 0. The van der Waals surface area contributed by atoms with Crippen molar-refractivity contribution < 1.29 is 40.4 Å². The van der Waals surface area contributed by atoms with Gasteiger partial charge < -0.3 is 9.58 Å². The fraction of sp³-hybridized carbons (Fsp3) is 0.973. The van der Waals surface area contributed by atoms with Gasteiger partial charge in [0.25, 0.3) is 0 Å². The molecule has 81 heavy (non-hydrogen) atoms. The molecule has 0 aliphatic rings. The molecule has 0 aromatic rings. The molecular weight excluding hydrogens is 1210 g/mol. The minimum Gasteiger partial charge on any atom is -0.309 e. The molecule has 0 atom stereocenters. The van der Waals surface area contributed by atoms with Gasteiger partial charge in [-0.25, -0.2) is 0 Å². The first-order valence-electron chi connectivity index (χ1n) is 38.6. The summed E-state index contributed by atoms with van der Waals surface area (Å²) in [7, 11) is -9.11. The molecule has 0 rings (SSSR count). The number of rotatable bonds is 60. The van der Waals surface area contributed by atoms with Gasteiger partial charge in [-0.3, -0.25) is 0 Å². The molecule has 490 valence electrons. The zero-order valence-corrected chi connectivity index (χ0v) is 69.2. The molecule has 0 saturated heterocycles. The number of hydrogen-bond acceptors (Lipinski definition) is 0. The van der Waals surface area contributed by atoms with E-state index in [2.05, 4.69) is 134 Å². The second-order valence-corrected chi connectivity index (χ2v) is 58.7. The molecule has 0 amide bonds. The second-order valence-electron chi connectivity index (χ2n) is 28.3. The third-order valence-corrected chi connectivity index (χ3v) is 70.4. The van der Waals surface area contributed by atoms with Crippen molar-refractivity contribution >= 4 is 48.4 Å². The van der Waals surface area contributed by atoms with Crippen molar-refractivity contribution in [1.29, 1.82) is 0 Å². The maximum Gasteiger partial charge on any atom is 0 e. The summed E-state index contributed by atoms with van der Waals surface area (Å²) in [6.45, 7) is 45.1. The van der Waals surface area contributed by atoms with Crippen LogP contribution in [0.1, 0.15) is 356 Å². The first-order valence-corrected chi connectivity index (χ1v) is 54.3. The summed E-state index contributed by atoms with van der Waals surface area (Å²) in [5.74, 6) is 0. The fourth-order valence-electron chi connectivity index (χ4n) is 17.1. The van der Waals surface area contributed by atoms with Gasteiger partial charge in [-0.15, -0.1) is 0 Å². The smallest absolute Gasteiger partial charge is 0 e. The maximum absolute atomic E-state index is 2.63. The van der Waals surface area contributed by atoms with Crippen molar-refractivity contribution in [3.05, 3.63) is 9.58 Å². The predicted octanol–water partition coefficient (Wildman–Crippen LogP) is 29.5. The fourth-order valence-corrected chi connectivity index (χ4v) is 85.2. The summed E-state index contributed by atoms with van der Waals surface area (Å²) in [5, 5.41) is 0. The standard InChI is InChI=1S/2C37H81Si3.Sm/c2*1-10-19-28-38(29-20-11-2,30-21-12-3)37(39(31-22-13-4,32-23-14-5)33-24-15-6)40(34-25-16-7,35-26-17-8)36-27-18-9;/h2*10-36H2,1-9H3;/q2*-1;. The van der Waals surface area contributed by atoms with Gasteiger partial charge in [-0.2, -0.15) is 0 Å². The Balaban J connectivity index is -0.00000148. The molecule has 7 heteroatoms. The van der Waals surface area contributed by atoms with Crippen LogP contribution in [-0.4, -0.2) is 48.4 Å². The van der Waals surface area contributed by atoms with Crippen LogP contribution in [-0.2, 0) is 0 Å². The van der Waals surface area contributed by atoms with Crippen molar-refractivity contribution in [1.82, 2.24) is 0 Å². The Hall–Kier alpha value is 2.64. The Bertz CT molecular complexity index is 912. The predicted molar refractivity (Wildman–Crippen MR) is 396 cm³/mol. The molecule has 0 nitrogen and oxygen atoms in total. The van der Waals surface area contributed by atoms with Crippen molar-refractivity contribution in [3.8, 4) is 0 Å². The Labute approximate surface area is 557 Å². The van der Waals surface area contributed by atoms with Crippen LogP contribution in [0.15, 0.2) is 0 Å². The van der Waals surface area contributed by atoms with Gasteiger partial charge in [0.1, 0.15) is 0 Å². The summed E-state index contributed by atoms with van der Waals surface area (Å²) < 4.78 is 0. The van der Waals surface area contributed by atoms with Crippen LogP contribution >= 0.6 is 0 Å². The van der Waals surface area contributed by atoms with Gasteiger partial charge in [0, 0.05) is 40.4 Å². The first kappa shape index (κ1) is 87.8. The van der Waals surface area contributed by atoms with Crippen molar-refractivity contribution in [3.63, 3.8) is 0 Å². The Morgan fingerprint density at radius 1 is 0.136 bits per heavy atom. The van der Waals surface area contributed by atoms with Gasteiger partial charge in [0.2, 0.25) is 0 Å². The molecule has 0 bridgehead atoms. The van der Waals surface area contributed by atoms with Crippen molar-refractivity contribution in [2.24, 2.45) is 0 Å². The maximum atomic E-state index is 2.63. The van der Waals surface area contributed by atoms with Crippen LogP contribution in [0.4, 0.5) is 0 Å². The van der Waals surface area contributed by atoms with Crippen LogP contribution in [0.3, 0.4) is 0 Å².